The van der Waals surface area contributed by atoms with E-state index in [0.717, 1.165) is 25.2 Å². The van der Waals surface area contributed by atoms with Crippen LogP contribution >= 0.6 is 11.3 Å². The fourth-order valence-corrected chi connectivity index (χ4v) is 5.20. The number of likely N-dealkylation sites (tertiary alicyclic amines) is 1. The molecule has 0 unspecified atom stereocenters. The number of halogens is 2. The van der Waals surface area contributed by atoms with E-state index in [9.17, 15) is 13.6 Å². The molecule has 1 saturated heterocycles. The van der Waals surface area contributed by atoms with Crippen molar-refractivity contribution in [2.75, 3.05) is 19.6 Å². The summed E-state index contributed by atoms with van der Waals surface area (Å²) in [6.45, 7) is 7.20. The molecule has 0 radical (unpaired) electrons. The van der Waals surface area contributed by atoms with Crippen molar-refractivity contribution in [2.45, 2.75) is 32.4 Å². The molecule has 1 amide bonds. The average Bonchev–Trinajstić information content (AvgIpc) is 3.42. The van der Waals surface area contributed by atoms with E-state index < -0.39 is 0 Å². The Morgan fingerprint density at radius 3 is 2.28 bits per heavy atom. The van der Waals surface area contributed by atoms with Gasteiger partial charge in [-0.15, -0.1) is 0 Å². The largest absolute Gasteiger partial charge is 0.336 e. The number of nitrogens with zero attached hydrogens (tertiary/aromatic N) is 2. The van der Waals surface area contributed by atoms with Crippen molar-refractivity contribution in [2.24, 2.45) is 5.92 Å². The zero-order valence-electron chi connectivity index (χ0n) is 18.4. The Labute approximate surface area is 192 Å². The van der Waals surface area contributed by atoms with Crippen LogP contribution in [0.1, 0.15) is 41.3 Å². The molecule has 168 valence electrons. The standard InChI is InChI=1S/C26H28F2N2OS/c1-18(2)30(26(31)21-5-9-24(28)10-6-21)15-22-14-29(13-19-11-12-32-17-19)16-25(22)20-3-7-23(27)8-4-20/h3-12,17-18,22,25H,13-16H2,1-2H3/t22-,25-/m0/s1. The van der Waals surface area contributed by atoms with Crippen molar-refractivity contribution < 1.29 is 13.6 Å². The second-order valence-electron chi connectivity index (χ2n) is 8.80. The topological polar surface area (TPSA) is 23.6 Å². The lowest BCUT2D eigenvalue weighted by Crippen LogP contribution is -2.42. The van der Waals surface area contributed by atoms with E-state index >= 15 is 0 Å². The molecule has 2 heterocycles. The zero-order valence-corrected chi connectivity index (χ0v) is 19.2. The summed E-state index contributed by atoms with van der Waals surface area (Å²) in [6.07, 6.45) is 0. The van der Waals surface area contributed by atoms with Crippen LogP contribution in [0.5, 0.6) is 0 Å². The third kappa shape index (κ3) is 5.25. The third-order valence-electron chi connectivity index (χ3n) is 6.21. The SMILES string of the molecule is CC(C)N(C[C@@H]1CN(Cc2ccsc2)C[C@H]1c1ccc(F)cc1)C(=O)c1ccc(F)cc1. The van der Waals surface area contributed by atoms with Gasteiger partial charge in [0.05, 0.1) is 0 Å². The van der Waals surface area contributed by atoms with Gasteiger partial charge in [-0.05, 0) is 84.1 Å². The molecule has 1 aromatic heterocycles. The lowest BCUT2D eigenvalue weighted by atomic mass is 9.88. The molecule has 32 heavy (non-hydrogen) atoms. The van der Waals surface area contributed by atoms with E-state index in [1.165, 1.54) is 29.8 Å². The van der Waals surface area contributed by atoms with Crippen molar-refractivity contribution in [1.29, 1.82) is 0 Å². The van der Waals surface area contributed by atoms with Crippen LogP contribution < -0.4 is 0 Å². The van der Waals surface area contributed by atoms with Gasteiger partial charge in [0.25, 0.3) is 5.91 Å². The molecule has 6 heteroatoms. The van der Waals surface area contributed by atoms with Gasteiger partial charge in [-0.3, -0.25) is 9.69 Å². The molecule has 0 spiro atoms. The van der Waals surface area contributed by atoms with Gasteiger partial charge in [0, 0.05) is 43.7 Å². The molecule has 4 rings (SSSR count). The predicted octanol–water partition coefficient (Wildman–Crippen LogP) is 5.79. The zero-order chi connectivity index (χ0) is 22.7. The molecule has 0 bridgehead atoms. The van der Waals surface area contributed by atoms with Crippen LogP contribution in [0.2, 0.25) is 0 Å². The monoisotopic (exact) mass is 454 g/mol. The Morgan fingerprint density at radius 2 is 1.69 bits per heavy atom. The summed E-state index contributed by atoms with van der Waals surface area (Å²) in [5.74, 6) is -0.265. The Balaban J connectivity index is 1.56. The fourth-order valence-electron chi connectivity index (χ4n) is 4.54. The van der Waals surface area contributed by atoms with Crippen molar-refractivity contribution in [3.05, 3.63) is 93.7 Å². The molecule has 2 aromatic carbocycles. The summed E-state index contributed by atoms with van der Waals surface area (Å²) in [5, 5.41) is 4.25. The molecule has 1 aliphatic heterocycles. The minimum Gasteiger partial charge on any atom is -0.336 e. The van der Waals surface area contributed by atoms with Crippen LogP contribution in [-0.2, 0) is 6.54 Å². The van der Waals surface area contributed by atoms with E-state index in [4.69, 9.17) is 0 Å². The average molecular weight is 455 g/mol. The van der Waals surface area contributed by atoms with Gasteiger partial charge in [0.2, 0.25) is 0 Å². The molecular weight excluding hydrogens is 426 g/mol. The van der Waals surface area contributed by atoms with Crippen LogP contribution in [0.4, 0.5) is 8.78 Å². The normalized spacial score (nSPS) is 18.9. The highest BCUT2D eigenvalue weighted by Crippen LogP contribution is 2.35. The van der Waals surface area contributed by atoms with Crippen molar-refractivity contribution in [3.63, 3.8) is 0 Å². The summed E-state index contributed by atoms with van der Waals surface area (Å²) in [7, 11) is 0. The number of hydrogen-bond acceptors (Lipinski definition) is 3. The van der Waals surface area contributed by atoms with Crippen LogP contribution in [-0.4, -0.2) is 41.4 Å². The maximum absolute atomic E-state index is 13.5. The molecule has 1 fully saturated rings. The van der Waals surface area contributed by atoms with Crippen LogP contribution in [0, 0.1) is 17.6 Å². The Morgan fingerprint density at radius 1 is 1.03 bits per heavy atom. The van der Waals surface area contributed by atoms with Crippen molar-refractivity contribution >= 4 is 17.2 Å². The highest BCUT2D eigenvalue weighted by atomic mass is 32.1. The Hall–Kier alpha value is -2.57. The van der Waals surface area contributed by atoms with E-state index in [2.05, 4.69) is 21.7 Å². The third-order valence-corrected chi connectivity index (χ3v) is 6.94. The Kier molecular flexibility index (Phi) is 7.01. The van der Waals surface area contributed by atoms with E-state index in [1.54, 1.807) is 23.5 Å². The maximum atomic E-state index is 13.5. The number of benzene rings is 2. The molecule has 3 nitrogen and oxygen atoms in total. The van der Waals surface area contributed by atoms with E-state index in [0.29, 0.717) is 12.1 Å². The summed E-state index contributed by atoms with van der Waals surface area (Å²) >= 11 is 1.69. The number of amides is 1. The van der Waals surface area contributed by atoms with Crippen LogP contribution in [0.3, 0.4) is 0 Å². The first-order valence-electron chi connectivity index (χ1n) is 11.0. The summed E-state index contributed by atoms with van der Waals surface area (Å²) < 4.78 is 26.9. The van der Waals surface area contributed by atoms with Crippen LogP contribution in [0.15, 0.2) is 65.4 Å². The lowest BCUT2D eigenvalue weighted by molar-refractivity contribution is 0.0668. The van der Waals surface area contributed by atoms with Crippen molar-refractivity contribution in [3.8, 4) is 0 Å². The molecule has 0 N–H and O–H groups in total. The smallest absolute Gasteiger partial charge is 0.254 e. The number of rotatable bonds is 7. The summed E-state index contributed by atoms with van der Waals surface area (Å²) in [4.78, 5) is 17.5. The molecule has 1 aliphatic rings. The molecular formula is C26H28F2N2OS. The second-order valence-corrected chi connectivity index (χ2v) is 9.58. The van der Waals surface area contributed by atoms with Gasteiger partial charge in [-0.1, -0.05) is 12.1 Å². The number of carbonyl (C=O) groups is 1. The summed E-state index contributed by atoms with van der Waals surface area (Å²) in [6, 6.07) is 14.6. The fraction of sp³-hybridized carbons (Fsp3) is 0.346. The first-order chi connectivity index (χ1) is 15.4. The van der Waals surface area contributed by atoms with Gasteiger partial charge < -0.3 is 4.90 Å². The quantitative estimate of drug-likeness (QED) is 0.451. The number of hydrogen-bond donors (Lipinski definition) is 0. The minimum absolute atomic E-state index is 0.00680. The molecule has 0 saturated carbocycles. The van der Waals surface area contributed by atoms with Gasteiger partial charge in [0.1, 0.15) is 11.6 Å². The first kappa shape index (κ1) is 22.6. The number of thiophene rings is 1. The molecule has 2 atom stereocenters. The maximum Gasteiger partial charge on any atom is 0.254 e. The highest BCUT2D eigenvalue weighted by molar-refractivity contribution is 7.07. The first-order valence-corrected chi connectivity index (χ1v) is 11.9. The van der Waals surface area contributed by atoms with Gasteiger partial charge in [-0.2, -0.15) is 11.3 Å². The summed E-state index contributed by atoms with van der Waals surface area (Å²) in [5.41, 5.74) is 2.88. The van der Waals surface area contributed by atoms with E-state index in [1.807, 2.05) is 30.9 Å². The Bertz CT molecular complexity index is 1020. The van der Waals surface area contributed by atoms with E-state index in [-0.39, 0.29) is 35.4 Å². The second kappa shape index (κ2) is 9.92. The van der Waals surface area contributed by atoms with Gasteiger partial charge in [-0.25, -0.2) is 8.78 Å². The lowest BCUT2D eigenvalue weighted by Gasteiger charge is -2.32. The van der Waals surface area contributed by atoms with Crippen molar-refractivity contribution in [1.82, 2.24) is 9.80 Å². The highest BCUT2D eigenvalue weighted by Gasteiger charge is 2.36. The molecule has 0 aliphatic carbocycles. The molecule has 3 aromatic rings. The minimum atomic E-state index is -0.353. The van der Waals surface area contributed by atoms with Gasteiger partial charge in [0.15, 0.2) is 0 Å². The number of carbonyl (C=O) groups excluding carboxylic acids is 1. The predicted molar refractivity (Wildman–Crippen MR) is 125 cm³/mol. The van der Waals surface area contributed by atoms with Gasteiger partial charge >= 0.3 is 0 Å². The van der Waals surface area contributed by atoms with Crippen LogP contribution in [0.25, 0.3) is 0 Å².